The van der Waals surface area contributed by atoms with E-state index in [1.807, 2.05) is 0 Å². The van der Waals surface area contributed by atoms with Crippen molar-refractivity contribution in [1.29, 1.82) is 0 Å². The van der Waals surface area contributed by atoms with Gasteiger partial charge in [-0.05, 0) is 12.8 Å². The molecule has 0 atom stereocenters. The van der Waals surface area contributed by atoms with Crippen LogP contribution in [0.15, 0.2) is 20.7 Å². The summed E-state index contributed by atoms with van der Waals surface area (Å²) in [5.41, 5.74) is 0. The van der Waals surface area contributed by atoms with E-state index in [4.69, 9.17) is 0 Å². The quantitative estimate of drug-likeness (QED) is 0.384. The molecule has 0 rings (SSSR count). The van der Waals surface area contributed by atoms with E-state index in [9.17, 15) is 9.59 Å². The zero-order chi connectivity index (χ0) is 16.8. The third kappa shape index (κ3) is 9.61. The molecule has 0 saturated carbocycles. The Morgan fingerprint density at radius 2 is 1.14 bits per heavy atom. The predicted octanol–water partition coefficient (Wildman–Crippen LogP) is 1.82. The highest BCUT2D eigenvalue weighted by molar-refractivity contribution is 5.73. The average Bonchev–Trinajstić information content (AvgIpc) is 2.54. The Morgan fingerprint density at radius 1 is 0.773 bits per heavy atom. The number of unbranched alkanes of at least 4 members (excludes halogenated alkanes) is 3. The lowest BCUT2D eigenvalue weighted by Gasteiger charge is -2.07. The third-order valence-electron chi connectivity index (χ3n) is 2.68. The van der Waals surface area contributed by atoms with Crippen LogP contribution in [-0.2, 0) is 0 Å². The lowest BCUT2D eigenvalue weighted by atomic mass is 10.2. The second-order valence-corrected chi connectivity index (χ2v) is 4.48. The van der Waals surface area contributed by atoms with Gasteiger partial charge in [0.05, 0.1) is 13.1 Å². The smallest absolute Gasteiger partial charge is 0.338 e. The molecule has 0 aromatic carbocycles. The molecule has 0 bridgehead atoms. The van der Waals surface area contributed by atoms with Crippen LogP contribution in [0.2, 0.25) is 0 Å². The van der Waals surface area contributed by atoms with Crippen LogP contribution in [0.4, 0.5) is 9.59 Å². The zero-order valence-electron chi connectivity index (χ0n) is 13.7. The molecule has 10 heteroatoms. The fraction of sp³-hybridized carbons (Fsp3) is 0.833. The number of rotatable bonds is 9. The molecular formula is C12H26N8O2. The first kappa shape index (κ1) is 19.7. The van der Waals surface area contributed by atoms with Crippen LogP contribution in [0.5, 0.6) is 0 Å². The largest absolute Gasteiger partial charge is 0.340 e. The summed E-state index contributed by atoms with van der Waals surface area (Å²) in [6.07, 6.45) is 3.81. The Labute approximate surface area is 131 Å². The highest BCUT2D eigenvalue weighted by Crippen LogP contribution is 2.01. The minimum atomic E-state index is -0.296. The summed E-state index contributed by atoms with van der Waals surface area (Å²) in [6, 6.07) is -0.591. The number of hydrogen-bond donors (Lipinski definition) is 2. The molecule has 4 amide bonds. The Kier molecular flexibility index (Phi) is 11.2. The van der Waals surface area contributed by atoms with Crippen LogP contribution in [0, 0.1) is 0 Å². The lowest BCUT2D eigenvalue weighted by molar-refractivity contribution is 0.208. The van der Waals surface area contributed by atoms with Crippen molar-refractivity contribution in [3.8, 4) is 0 Å². The molecule has 0 aliphatic heterocycles. The van der Waals surface area contributed by atoms with Gasteiger partial charge in [-0.2, -0.15) is 10.2 Å². The summed E-state index contributed by atoms with van der Waals surface area (Å²) >= 11 is 0. The fourth-order valence-electron chi connectivity index (χ4n) is 1.40. The molecule has 0 aromatic heterocycles. The first-order chi connectivity index (χ1) is 10.5. The van der Waals surface area contributed by atoms with Gasteiger partial charge in [0.25, 0.3) is 0 Å². The number of carbonyl (C=O) groups is 2. The lowest BCUT2D eigenvalue weighted by Crippen LogP contribution is -2.30. The molecular weight excluding hydrogens is 288 g/mol. The van der Waals surface area contributed by atoms with Crippen molar-refractivity contribution in [1.82, 2.24) is 20.7 Å². The Balaban J connectivity index is 3.55. The number of hydrogen-bond acceptors (Lipinski definition) is 6. The van der Waals surface area contributed by atoms with Gasteiger partial charge in [-0.3, -0.25) is 0 Å². The Hall–Kier alpha value is -2.26. The summed E-state index contributed by atoms with van der Waals surface area (Å²) in [5, 5.41) is 22.6. The Bertz CT molecular complexity index is 349. The van der Waals surface area contributed by atoms with Crippen molar-refractivity contribution in [2.45, 2.75) is 25.7 Å². The summed E-state index contributed by atoms with van der Waals surface area (Å²) in [4.78, 5) is 22.2. The molecule has 0 aromatic rings. The van der Waals surface area contributed by atoms with E-state index in [-0.39, 0.29) is 12.1 Å². The average molecular weight is 314 g/mol. The highest BCUT2D eigenvalue weighted by atomic mass is 16.2. The molecule has 0 spiro atoms. The van der Waals surface area contributed by atoms with Crippen molar-refractivity contribution >= 4 is 12.1 Å². The topological polar surface area (TPSA) is 114 Å². The molecule has 10 nitrogen and oxygen atoms in total. The van der Waals surface area contributed by atoms with Crippen LogP contribution < -0.4 is 10.6 Å². The van der Waals surface area contributed by atoms with Crippen molar-refractivity contribution in [2.24, 2.45) is 20.7 Å². The van der Waals surface area contributed by atoms with E-state index in [1.165, 1.54) is 14.1 Å². The van der Waals surface area contributed by atoms with E-state index >= 15 is 0 Å². The molecule has 0 unspecified atom stereocenters. The maximum atomic E-state index is 11.1. The Morgan fingerprint density at radius 3 is 1.45 bits per heavy atom. The van der Waals surface area contributed by atoms with E-state index in [1.54, 1.807) is 14.1 Å². The standard InChI is InChI=1S/C12H26N8O2/c1-13-11(21)19(3)17-15-9-7-5-6-8-10-16-18-20(4)12(22)14-2/h5-10H2,1-4H3,(H,13,21)(H,14,22). The van der Waals surface area contributed by atoms with Gasteiger partial charge >= 0.3 is 12.1 Å². The molecule has 2 N–H and O–H groups in total. The van der Waals surface area contributed by atoms with Gasteiger partial charge in [0.15, 0.2) is 0 Å². The van der Waals surface area contributed by atoms with Gasteiger partial charge in [0.1, 0.15) is 0 Å². The van der Waals surface area contributed by atoms with Crippen molar-refractivity contribution in [3.05, 3.63) is 0 Å². The summed E-state index contributed by atoms with van der Waals surface area (Å²) in [7, 11) is 6.17. The summed E-state index contributed by atoms with van der Waals surface area (Å²) < 4.78 is 0. The van der Waals surface area contributed by atoms with Crippen LogP contribution in [0.3, 0.4) is 0 Å². The maximum absolute atomic E-state index is 11.1. The van der Waals surface area contributed by atoms with Gasteiger partial charge in [-0.15, -0.1) is 0 Å². The van der Waals surface area contributed by atoms with Crippen LogP contribution in [-0.4, -0.2) is 63.4 Å². The molecule has 0 radical (unpaired) electrons. The number of nitrogens with one attached hydrogen (secondary N) is 2. The highest BCUT2D eigenvalue weighted by Gasteiger charge is 2.02. The van der Waals surface area contributed by atoms with Crippen LogP contribution in [0.25, 0.3) is 0 Å². The number of carbonyl (C=O) groups excluding carboxylic acids is 2. The molecule has 0 saturated heterocycles. The van der Waals surface area contributed by atoms with Crippen LogP contribution >= 0.6 is 0 Å². The van der Waals surface area contributed by atoms with Crippen molar-refractivity contribution in [3.63, 3.8) is 0 Å². The van der Waals surface area contributed by atoms with Crippen LogP contribution in [0.1, 0.15) is 25.7 Å². The maximum Gasteiger partial charge on any atom is 0.338 e. The first-order valence-electron chi connectivity index (χ1n) is 7.18. The van der Waals surface area contributed by atoms with Gasteiger partial charge in [-0.1, -0.05) is 23.3 Å². The summed E-state index contributed by atoms with van der Waals surface area (Å²) in [5.74, 6) is 0. The van der Waals surface area contributed by atoms with E-state index in [0.29, 0.717) is 13.1 Å². The van der Waals surface area contributed by atoms with E-state index in [2.05, 4.69) is 31.3 Å². The second-order valence-electron chi connectivity index (χ2n) is 4.48. The minimum absolute atomic E-state index is 0.296. The van der Waals surface area contributed by atoms with Gasteiger partial charge in [-0.25, -0.2) is 19.6 Å². The number of amides is 4. The number of urea groups is 2. The minimum Gasteiger partial charge on any atom is -0.340 e. The van der Waals surface area contributed by atoms with Gasteiger partial charge in [0, 0.05) is 28.2 Å². The van der Waals surface area contributed by atoms with Gasteiger partial charge < -0.3 is 10.6 Å². The summed E-state index contributed by atoms with van der Waals surface area (Å²) in [6.45, 7) is 1.17. The monoisotopic (exact) mass is 314 g/mol. The number of nitrogens with zero attached hydrogens (tertiary/aromatic N) is 6. The molecule has 22 heavy (non-hydrogen) atoms. The van der Waals surface area contributed by atoms with Crippen molar-refractivity contribution < 1.29 is 9.59 Å². The van der Waals surface area contributed by atoms with E-state index < -0.39 is 0 Å². The van der Waals surface area contributed by atoms with Gasteiger partial charge in [0.2, 0.25) is 0 Å². The SMILES string of the molecule is CNC(=O)N(C)N=NCCCCCCN=NN(C)C(=O)NC. The molecule has 0 fully saturated rings. The van der Waals surface area contributed by atoms with Crippen molar-refractivity contribution in [2.75, 3.05) is 41.3 Å². The first-order valence-corrected chi connectivity index (χ1v) is 7.18. The molecule has 0 aliphatic carbocycles. The zero-order valence-corrected chi connectivity index (χ0v) is 13.7. The normalized spacial score (nSPS) is 10.9. The third-order valence-corrected chi connectivity index (χ3v) is 2.68. The fourth-order valence-corrected chi connectivity index (χ4v) is 1.40. The molecule has 0 aliphatic rings. The second kappa shape index (κ2) is 12.5. The van der Waals surface area contributed by atoms with E-state index in [0.717, 1.165) is 35.7 Å². The molecule has 0 heterocycles. The predicted molar refractivity (Wildman–Crippen MR) is 82.4 cm³/mol. The molecule has 126 valence electrons.